The third-order valence-electron chi connectivity index (χ3n) is 3.49. The molecule has 2 aromatic heterocycles. The summed E-state index contributed by atoms with van der Waals surface area (Å²) in [6.07, 6.45) is 2.09. The highest BCUT2D eigenvalue weighted by molar-refractivity contribution is 7.98. The van der Waals surface area contributed by atoms with Crippen LogP contribution in [0.4, 0.5) is 0 Å². The summed E-state index contributed by atoms with van der Waals surface area (Å²) in [6.45, 7) is 0. The summed E-state index contributed by atoms with van der Waals surface area (Å²) >= 11 is 3.51. The molecule has 0 atom stereocenters. The average molecular weight is 296 g/mol. The number of fused-ring (bicyclic) bond motifs is 3. The van der Waals surface area contributed by atoms with Crippen molar-refractivity contribution in [2.75, 3.05) is 6.26 Å². The zero-order chi connectivity index (χ0) is 13.5. The number of para-hydroxylation sites is 1. The van der Waals surface area contributed by atoms with Crippen molar-refractivity contribution < 1.29 is 4.42 Å². The molecule has 0 saturated carbocycles. The Kier molecular flexibility index (Phi) is 2.83. The van der Waals surface area contributed by atoms with Gasteiger partial charge in [0.1, 0.15) is 5.58 Å². The lowest BCUT2D eigenvalue weighted by atomic mass is 10.1. The van der Waals surface area contributed by atoms with E-state index in [1.165, 1.54) is 26.1 Å². The second kappa shape index (κ2) is 4.69. The molecule has 0 radical (unpaired) electrons. The van der Waals surface area contributed by atoms with Crippen LogP contribution in [0.5, 0.6) is 0 Å². The number of rotatable bonds is 2. The molecule has 2 aromatic carbocycles. The molecule has 4 rings (SSSR count). The minimum absolute atomic E-state index is 0.965. The van der Waals surface area contributed by atoms with Gasteiger partial charge < -0.3 is 4.42 Å². The maximum Gasteiger partial charge on any atom is 0.154 e. The van der Waals surface area contributed by atoms with Crippen molar-refractivity contribution in [3.63, 3.8) is 0 Å². The maximum absolute atomic E-state index is 6.04. The molecule has 0 aliphatic carbocycles. The molecule has 2 heterocycles. The van der Waals surface area contributed by atoms with Crippen molar-refractivity contribution in [3.8, 4) is 10.4 Å². The highest BCUT2D eigenvalue weighted by atomic mass is 32.2. The normalized spacial score (nSPS) is 11.4. The van der Waals surface area contributed by atoms with Crippen LogP contribution in [0.1, 0.15) is 0 Å². The van der Waals surface area contributed by atoms with Gasteiger partial charge in [-0.05, 0) is 30.0 Å². The van der Waals surface area contributed by atoms with E-state index in [1.54, 1.807) is 23.1 Å². The Balaban J connectivity index is 1.94. The molecule has 0 unspecified atom stereocenters. The topological polar surface area (TPSA) is 13.1 Å². The zero-order valence-corrected chi connectivity index (χ0v) is 12.6. The van der Waals surface area contributed by atoms with Gasteiger partial charge in [0.25, 0.3) is 0 Å². The Bertz CT molecular complexity index is 884. The van der Waals surface area contributed by atoms with Crippen molar-refractivity contribution >= 4 is 45.0 Å². The molecule has 20 heavy (non-hydrogen) atoms. The van der Waals surface area contributed by atoms with Crippen LogP contribution in [-0.4, -0.2) is 6.26 Å². The number of thioether (sulfide) groups is 1. The molecule has 0 spiro atoms. The first-order valence-electron chi connectivity index (χ1n) is 6.40. The van der Waals surface area contributed by atoms with Gasteiger partial charge in [0.15, 0.2) is 5.58 Å². The van der Waals surface area contributed by atoms with Gasteiger partial charge in [-0.2, -0.15) is 0 Å². The van der Waals surface area contributed by atoms with Crippen LogP contribution in [0.15, 0.2) is 63.2 Å². The largest absolute Gasteiger partial charge is 0.455 e. The molecule has 0 aliphatic heterocycles. The predicted octanol–water partition coefficient (Wildman–Crippen LogP) is 6.04. The smallest absolute Gasteiger partial charge is 0.154 e. The Morgan fingerprint density at radius 1 is 0.950 bits per heavy atom. The molecule has 1 nitrogen and oxygen atoms in total. The lowest BCUT2D eigenvalue weighted by Crippen LogP contribution is -1.73. The highest BCUT2D eigenvalue weighted by Gasteiger charge is 2.14. The van der Waals surface area contributed by atoms with Crippen LogP contribution >= 0.6 is 23.1 Å². The number of benzene rings is 2. The van der Waals surface area contributed by atoms with Gasteiger partial charge in [-0.15, -0.1) is 23.1 Å². The third kappa shape index (κ3) is 1.78. The van der Waals surface area contributed by atoms with Gasteiger partial charge in [-0.25, -0.2) is 0 Å². The van der Waals surface area contributed by atoms with E-state index in [0.717, 1.165) is 11.2 Å². The van der Waals surface area contributed by atoms with Crippen LogP contribution in [0.2, 0.25) is 0 Å². The number of thiophene rings is 1. The molecule has 0 aliphatic rings. The molecule has 0 fully saturated rings. The minimum atomic E-state index is 0.965. The number of hydrogen-bond donors (Lipinski definition) is 0. The first-order valence-corrected chi connectivity index (χ1v) is 8.50. The van der Waals surface area contributed by atoms with Gasteiger partial charge in [0, 0.05) is 21.0 Å². The standard InChI is InChI=1S/C17H12OS2/c1-19-12-8-6-11(7-9-12)17-16-14(10-20-17)13-4-2-3-5-15(13)18-16/h2-10H,1H3. The Labute approximate surface area is 125 Å². The van der Waals surface area contributed by atoms with Crippen LogP contribution in [0.25, 0.3) is 32.4 Å². The molecule has 0 amide bonds. The minimum Gasteiger partial charge on any atom is -0.455 e. The van der Waals surface area contributed by atoms with E-state index >= 15 is 0 Å². The summed E-state index contributed by atoms with van der Waals surface area (Å²) in [7, 11) is 0. The SMILES string of the molecule is CSc1ccc(-c2scc3c2oc2ccccc23)cc1. The van der Waals surface area contributed by atoms with Crippen molar-refractivity contribution in [2.45, 2.75) is 4.90 Å². The molecule has 0 N–H and O–H groups in total. The fourth-order valence-corrected chi connectivity index (χ4v) is 3.87. The second-order valence-corrected chi connectivity index (χ2v) is 6.39. The van der Waals surface area contributed by atoms with Crippen molar-refractivity contribution in [1.82, 2.24) is 0 Å². The van der Waals surface area contributed by atoms with E-state index in [-0.39, 0.29) is 0 Å². The van der Waals surface area contributed by atoms with Crippen molar-refractivity contribution in [2.24, 2.45) is 0 Å². The monoisotopic (exact) mass is 296 g/mol. The molecular formula is C17H12OS2. The Hall–Kier alpha value is -1.71. The van der Waals surface area contributed by atoms with Gasteiger partial charge in [-0.1, -0.05) is 30.3 Å². The fraction of sp³-hybridized carbons (Fsp3) is 0.0588. The lowest BCUT2D eigenvalue weighted by Gasteiger charge is -1.99. The number of furan rings is 1. The van der Waals surface area contributed by atoms with Crippen LogP contribution in [-0.2, 0) is 0 Å². The summed E-state index contributed by atoms with van der Waals surface area (Å²) in [6, 6.07) is 16.9. The molecule has 0 bridgehead atoms. The first kappa shape index (κ1) is 12.1. The van der Waals surface area contributed by atoms with Gasteiger partial charge >= 0.3 is 0 Å². The van der Waals surface area contributed by atoms with Crippen LogP contribution in [0.3, 0.4) is 0 Å². The Morgan fingerprint density at radius 2 is 1.75 bits per heavy atom. The highest BCUT2D eigenvalue weighted by Crippen LogP contribution is 2.40. The van der Waals surface area contributed by atoms with E-state index in [1.807, 2.05) is 12.1 Å². The zero-order valence-electron chi connectivity index (χ0n) is 10.9. The summed E-state index contributed by atoms with van der Waals surface area (Å²) in [5.74, 6) is 0. The molecule has 4 aromatic rings. The van der Waals surface area contributed by atoms with Gasteiger partial charge in [-0.3, -0.25) is 0 Å². The van der Waals surface area contributed by atoms with E-state index in [4.69, 9.17) is 4.42 Å². The third-order valence-corrected chi connectivity index (χ3v) is 5.24. The quantitative estimate of drug-likeness (QED) is 0.418. The van der Waals surface area contributed by atoms with E-state index in [2.05, 4.69) is 48.0 Å². The van der Waals surface area contributed by atoms with E-state index in [9.17, 15) is 0 Å². The first-order chi connectivity index (χ1) is 9.86. The summed E-state index contributed by atoms with van der Waals surface area (Å²) < 4.78 is 6.04. The molecular weight excluding hydrogens is 284 g/mol. The summed E-state index contributed by atoms with van der Waals surface area (Å²) in [5, 5.41) is 4.61. The van der Waals surface area contributed by atoms with Gasteiger partial charge in [0.05, 0.1) is 4.88 Å². The molecule has 0 saturated heterocycles. The predicted molar refractivity (Wildman–Crippen MR) is 88.8 cm³/mol. The lowest BCUT2D eigenvalue weighted by molar-refractivity contribution is 0.671. The second-order valence-electron chi connectivity index (χ2n) is 4.63. The maximum atomic E-state index is 6.04. The molecule has 98 valence electrons. The molecule has 3 heteroatoms. The summed E-state index contributed by atoms with van der Waals surface area (Å²) in [4.78, 5) is 2.50. The van der Waals surface area contributed by atoms with E-state index < -0.39 is 0 Å². The average Bonchev–Trinajstić information content (AvgIpc) is 3.06. The van der Waals surface area contributed by atoms with Crippen molar-refractivity contribution in [3.05, 3.63) is 53.9 Å². The fourth-order valence-electron chi connectivity index (χ4n) is 2.46. The van der Waals surface area contributed by atoms with Gasteiger partial charge in [0.2, 0.25) is 0 Å². The number of hydrogen-bond acceptors (Lipinski definition) is 3. The Morgan fingerprint density at radius 3 is 2.55 bits per heavy atom. The van der Waals surface area contributed by atoms with Crippen molar-refractivity contribution in [1.29, 1.82) is 0 Å². The van der Waals surface area contributed by atoms with Crippen LogP contribution < -0.4 is 0 Å². The van der Waals surface area contributed by atoms with Crippen LogP contribution in [0, 0.1) is 0 Å². The summed E-state index contributed by atoms with van der Waals surface area (Å²) in [5.41, 5.74) is 3.20. The van der Waals surface area contributed by atoms with E-state index in [0.29, 0.717) is 0 Å².